The summed E-state index contributed by atoms with van der Waals surface area (Å²) < 4.78 is 49.4. The Hall–Kier alpha value is -7.15. The van der Waals surface area contributed by atoms with Crippen molar-refractivity contribution in [1.29, 1.82) is 0 Å². The summed E-state index contributed by atoms with van der Waals surface area (Å²) in [5.74, 6) is 0.0819. The molecule has 0 saturated carbocycles. The minimum absolute atomic E-state index is 0.0238. The maximum absolute atomic E-state index is 15.9. The number of halogens is 2. The number of hydrogen-bond acceptors (Lipinski definition) is 4. The van der Waals surface area contributed by atoms with E-state index in [0.717, 1.165) is 65.9 Å². The van der Waals surface area contributed by atoms with Gasteiger partial charge in [-0.25, -0.2) is 8.78 Å². The molecule has 0 unspecified atom stereocenters. The normalized spacial score (nSPS) is 12.7. The maximum atomic E-state index is 15.9. The zero-order valence-electron chi connectivity index (χ0n) is 49.0. The van der Waals surface area contributed by atoms with Crippen LogP contribution in [0.2, 0.25) is 39.3 Å². The monoisotopic (exact) mass is 1090 g/mol. The highest BCUT2D eigenvalue weighted by molar-refractivity contribution is 6.89. The lowest BCUT2D eigenvalue weighted by atomic mass is 9.84. The second-order valence-corrected chi connectivity index (χ2v) is 36.4. The smallest absolute Gasteiger partial charge is 0.147 e. The number of rotatable bonds is 12. The molecule has 10 heteroatoms. The van der Waals surface area contributed by atoms with Crippen molar-refractivity contribution >= 4 is 70.1 Å². The topological polar surface area (TPSA) is 68.8 Å². The summed E-state index contributed by atoms with van der Waals surface area (Å²) in [6, 6.07) is 40.4. The van der Waals surface area contributed by atoms with Crippen LogP contribution in [-0.2, 0) is 10.8 Å². The van der Waals surface area contributed by atoms with E-state index in [1.165, 1.54) is 34.6 Å². The highest BCUT2D eigenvalue weighted by atomic mass is 28.3. The second-order valence-electron chi connectivity index (χ2n) is 26.2. The lowest BCUT2D eigenvalue weighted by Crippen LogP contribution is -2.37. The molecule has 0 atom stereocenters. The molecular weight excluding hydrogens is 1010 g/mol. The molecule has 8 aromatic carbocycles. The molecule has 79 heavy (non-hydrogen) atoms. The van der Waals surface area contributed by atoms with E-state index < -0.39 is 27.8 Å². The van der Waals surface area contributed by atoms with E-state index in [9.17, 15) is 10.2 Å². The summed E-state index contributed by atoms with van der Waals surface area (Å²) in [5.41, 5.74) is 11.6. The summed E-state index contributed by atoms with van der Waals surface area (Å²) in [6.07, 6.45) is 0.408. The van der Waals surface area contributed by atoms with Crippen LogP contribution in [0.4, 0.5) is 8.78 Å². The number of phenols is 2. The first-order valence-corrected chi connectivity index (χ1v) is 34.7. The number of ether oxygens (including phenoxy) is 2. The first-order valence-electron chi connectivity index (χ1n) is 27.7. The summed E-state index contributed by atoms with van der Waals surface area (Å²) in [4.78, 5) is 0. The Labute approximate surface area is 467 Å². The molecule has 0 spiro atoms. The third kappa shape index (κ3) is 10.3. The molecule has 2 aromatic heterocycles. The van der Waals surface area contributed by atoms with E-state index in [4.69, 9.17) is 9.47 Å². The van der Waals surface area contributed by atoms with Crippen LogP contribution in [0.15, 0.2) is 121 Å². The van der Waals surface area contributed by atoms with E-state index in [-0.39, 0.29) is 35.5 Å². The second kappa shape index (κ2) is 19.9. The third-order valence-corrected chi connectivity index (χ3v) is 19.9. The lowest BCUT2D eigenvalue weighted by Gasteiger charge is -2.25. The van der Waals surface area contributed by atoms with Crippen molar-refractivity contribution in [2.75, 3.05) is 13.2 Å². The molecule has 6 nitrogen and oxygen atoms in total. The molecule has 0 amide bonds. The van der Waals surface area contributed by atoms with E-state index in [2.05, 4.69) is 189 Å². The predicted octanol–water partition coefficient (Wildman–Crippen LogP) is 17.7. The van der Waals surface area contributed by atoms with Crippen LogP contribution in [0.25, 0.3) is 77.2 Å². The van der Waals surface area contributed by atoms with Crippen molar-refractivity contribution in [1.82, 2.24) is 9.13 Å². The molecule has 10 rings (SSSR count). The number of aromatic nitrogens is 2. The highest BCUT2D eigenvalue weighted by Crippen LogP contribution is 2.48. The number of benzene rings is 8. The molecule has 0 aliphatic rings. The van der Waals surface area contributed by atoms with Gasteiger partial charge in [0.05, 0.1) is 62.8 Å². The van der Waals surface area contributed by atoms with E-state index >= 15 is 8.78 Å². The van der Waals surface area contributed by atoms with Gasteiger partial charge in [0.25, 0.3) is 0 Å². The van der Waals surface area contributed by atoms with Crippen molar-refractivity contribution < 1.29 is 28.5 Å². The average molecular weight is 1090 g/mol. The molecule has 2 heterocycles. The molecule has 0 aliphatic heterocycles. The standard InChI is InChI=1S/C69H76F2N2O4Si2/c1-40-18-22-50-52-24-20-48(78(11,12)13)38-60(52)72(58(50)28-40)62-34-44(68(5,6)7)32-54(64(62)74)56-36-46(70)30-42(3)66(56)76-26-17-27-77-67-43(4)31-47(71)37-57(67)55-33-45(69(8,9)10)35-63(65(55)75)73-59-29-41(2)19-23-51(59)53-25-21-49(39-61(53)73)79(14,15)16/h18-25,28-39,74-75H,17,26-27H2,1-16H3. The fraction of sp³-hybridized carbons (Fsp3) is 0.304. The molecule has 0 bridgehead atoms. The molecule has 0 fully saturated rings. The Morgan fingerprint density at radius 3 is 1.11 bits per heavy atom. The minimum atomic E-state index is -1.75. The van der Waals surface area contributed by atoms with Crippen LogP contribution in [0, 0.1) is 39.3 Å². The molecule has 408 valence electrons. The largest absolute Gasteiger partial charge is 0.505 e. The van der Waals surface area contributed by atoms with Gasteiger partial charge in [0.15, 0.2) is 0 Å². The number of aryl methyl sites for hydroxylation is 4. The van der Waals surface area contributed by atoms with Gasteiger partial charge in [-0.1, -0.05) is 140 Å². The van der Waals surface area contributed by atoms with Gasteiger partial charge in [-0.2, -0.15) is 0 Å². The van der Waals surface area contributed by atoms with Crippen LogP contribution in [0.5, 0.6) is 23.0 Å². The number of aromatic hydroxyl groups is 2. The van der Waals surface area contributed by atoms with Gasteiger partial charge >= 0.3 is 0 Å². The van der Waals surface area contributed by atoms with Crippen LogP contribution < -0.4 is 19.8 Å². The Balaban J connectivity index is 1.02. The van der Waals surface area contributed by atoms with Gasteiger partial charge in [0, 0.05) is 50.2 Å². The third-order valence-electron chi connectivity index (χ3n) is 15.8. The molecule has 2 N–H and O–H groups in total. The molecule has 0 radical (unpaired) electrons. The average Bonchev–Trinajstić information content (AvgIpc) is 4.12. The first-order chi connectivity index (χ1) is 37.0. The van der Waals surface area contributed by atoms with Crippen molar-refractivity contribution in [3.8, 4) is 56.6 Å². The van der Waals surface area contributed by atoms with Gasteiger partial charge in [-0.05, 0) is 145 Å². The summed E-state index contributed by atoms with van der Waals surface area (Å²) >= 11 is 0. The summed E-state index contributed by atoms with van der Waals surface area (Å²) in [6.45, 7) is 35.1. The van der Waals surface area contributed by atoms with E-state index in [1.54, 1.807) is 0 Å². The first kappa shape index (κ1) is 55.2. The number of fused-ring (bicyclic) bond motifs is 6. The predicted molar refractivity (Wildman–Crippen MR) is 334 cm³/mol. The Bertz CT molecular complexity index is 3820. The van der Waals surface area contributed by atoms with Crippen molar-refractivity contribution in [3.05, 3.63) is 166 Å². The molecule has 10 aromatic rings. The Morgan fingerprint density at radius 1 is 0.430 bits per heavy atom. The SMILES string of the molecule is Cc1ccc2c3ccc([Si](C)(C)C)cc3n(-c3cc(C(C)(C)C)cc(-c4cc(F)cc(C)c4OCCCOc4c(C)cc(F)cc4-c4cc(C(C)(C)C)cc(-n5c6cc(C)ccc6c6ccc([Si](C)(C)C)cc65)c4O)c3O)c2c1. The van der Waals surface area contributed by atoms with E-state index in [1.807, 2.05) is 26.0 Å². The van der Waals surface area contributed by atoms with Gasteiger partial charge in [0.1, 0.15) is 34.6 Å². The Kier molecular flexibility index (Phi) is 13.9. The summed E-state index contributed by atoms with van der Waals surface area (Å²) in [7, 11) is -3.50. The maximum Gasteiger partial charge on any atom is 0.147 e. The zero-order chi connectivity index (χ0) is 57.0. The Morgan fingerprint density at radius 2 is 0.772 bits per heavy atom. The van der Waals surface area contributed by atoms with Crippen LogP contribution >= 0.6 is 0 Å². The van der Waals surface area contributed by atoms with Crippen molar-refractivity contribution in [3.63, 3.8) is 0 Å². The fourth-order valence-electron chi connectivity index (χ4n) is 11.2. The van der Waals surface area contributed by atoms with Crippen molar-refractivity contribution in [2.45, 2.75) is 126 Å². The van der Waals surface area contributed by atoms with Gasteiger partial charge < -0.3 is 28.8 Å². The van der Waals surface area contributed by atoms with E-state index in [0.29, 0.717) is 62.7 Å². The number of phenolic OH excluding ortho intramolecular Hbond substituents is 2. The summed E-state index contributed by atoms with van der Waals surface area (Å²) in [5, 5.41) is 32.5. The number of nitrogens with zero attached hydrogens (tertiary/aromatic N) is 2. The minimum Gasteiger partial charge on any atom is -0.505 e. The van der Waals surface area contributed by atoms with Crippen molar-refractivity contribution in [2.24, 2.45) is 0 Å². The zero-order valence-corrected chi connectivity index (χ0v) is 51.0. The van der Waals surface area contributed by atoms with Crippen LogP contribution in [0.3, 0.4) is 0 Å². The molecule has 0 saturated heterocycles. The number of hydrogen-bond donors (Lipinski definition) is 2. The van der Waals surface area contributed by atoms with Gasteiger partial charge in [-0.15, -0.1) is 0 Å². The molecule has 0 aliphatic carbocycles. The van der Waals surface area contributed by atoms with Crippen LogP contribution in [-0.4, -0.2) is 48.7 Å². The quantitative estimate of drug-likeness (QED) is 0.0945. The van der Waals surface area contributed by atoms with Gasteiger partial charge in [-0.3, -0.25) is 0 Å². The van der Waals surface area contributed by atoms with Crippen LogP contribution in [0.1, 0.15) is 81.3 Å². The van der Waals surface area contributed by atoms with Gasteiger partial charge in [0.2, 0.25) is 0 Å². The lowest BCUT2D eigenvalue weighted by molar-refractivity contribution is 0.246. The highest BCUT2D eigenvalue weighted by Gasteiger charge is 2.29. The fourth-order valence-corrected chi connectivity index (χ4v) is 13.5. The molecular formula is C69H76F2N2O4Si2.